The Morgan fingerprint density at radius 2 is 2.05 bits per heavy atom. The summed E-state index contributed by atoms with van der Waals surface area (Å²) in [6, 6.07) is 5.71. The molecule has 4 heteroatoms. The molecule has 1 aliphatic rings. The normalized spacial score (nSPS) is 20.9. The van der Waals surface area contributed by atoms with Crippen molar-refractivity contribution in [3.63, 3.8) is 0 Å². The summed E-state index contributed by atoms with van der Waals surface area (Å²) in [4.78, 5) is 25.8. The van der Waals surface area contributed by atoms with Crippen molar-refractivity contribution in [1.82, 2.24) is 0 Å². The van der Waals surface area contributed by atoms with Gasteiger partial charge in [-0.25, -0.2) is 4.79 Å². The van der Waals surface area contributed by atoms with Crippen LogP contribution in [-0.2, 0) is 16.0 Å². The van der Waals surface area contributed by atoms with Crippen LogP contribution in [0.2, 0.25) is 0 Å². The van der Waals surface area contributed by atoms with Crippen molar-refractivity contribution in [3.8, 4) is 0 Å². The van der Waals surface area contributed by atoms with E-state index in [2.05, 4.69) is 13.8 Å². The van der Waals surface area contributed by atoms with Gasteiger partial charge in [-0.05, 0) is 49.4 Å². The maximum atomic E-state index is 12.0. The first-order valence-electron chi connectivity index (χ1n) is 7.59. The molecule has 1 aliphatic heterocycles. The average molecular weight is 289 g/mol. The average Bonchev–Trinajstić information content (AvgIpc) is 2.45. The Labute approximate surface area is 126 Å². The first-order chi connectivity index (χ1) is 9.99. The van der Waals surface area contributed by atoms with Crippen LogP contribution in [0.1, 0.15) is 50.0 Å². The van der Waals surface area contributed by atoms with E-state index < -0.39 is 0 Å². The molecule has 0 N–H and O–H groups in total. The Hall–Kier alpha value is -1.84. The van der Waals surface area contributed by atoms with Crippen molar-refractivity contribution < 1.29 is 14.3 Å². The molecule has 0 saturated carbocycles. The van der Waals surface area contributed by atoms with Gasteiger partial charge in [-0.1, -0.05) is 13.8 Å². The fourth-order valence-electron chi connectivity index (χ4n) is 3.23. The first-order valence-corrected chi connectivity index (χ1v) is 7.59. The second-order valence-corrected chi connectivity index (χ2v) is 5.61. The topological polar surface area (TPSA) is 46.6 Å². The first kappa shape index (κ1) is 15.5. The molecule has 0 aromatic heterocycles. The van der Waals surface area contributed by atoms with Gasteiger partial charge in [-0.15, -0.1) is 0 Å². The molecule has 0 bridgehead atoms. The molecule has 4 nitrogen and oxygen atoms in total. The van der Waals surface area contributed by atoms with Gasteiger partial charge in [0.2, 0.25) is 5.91 Å². The number of hydrogen-bond acceptors (Lipinski definition) is 3. The van der Waals surface area contributed by atoms with Crippen molar-refractivity contribution in [3.05, 3.63) is 29.3 Å². The highest BCUT2D eigenvalue weighted by atomic mass is 16.5. The summed E-state index contributed by atoms with van der Waals surface area (Å²) >= 11 is 0. The molecule has 0 radical (unpaired) electrons. The van der Waals surface area contributed by atoms with Crippen LogP contribution in [0.25, 0.3) is 0 Å². The fraction of sp³-hybridized carbons (Fsp3) is 0.529. The van der Waals surface area contributed by atoms with Crippen LogP contribution < -0.4 is 4.90 Å². The highest BCUT2D eigenvalue weighted by Crippen LogP contribution is 2.35. The molecule has 1 aromatic rings. The SMILES string of the molecule is CCOC(=O)c1ccc2c(c1)CC(C)C(CC)N2C(C)=O. The number of ether oxygens (including phenoxy) is 1. The third-order valence-electron chi connectivity index (χ3n) is 4.14. The van der Waals surface area contributed by atoms with Crippen LogP contribution in [0.5, 0.6) is 0 Å². The summed E-state index contributed by atoms with van der Waals surface area (Å²) in [7, 11) is 0. The van der Waals surface area contributed by atoms with Crippen LogP contribution in [0.4, 0.5) is 5.69 Å². The summed E-state index contributed by atoms with van der Waals surface area (Å²) in [5.74, 6) is 0.127. The maximum absolute atomic E-state index is 12.0. The maximum Gasteiger partial charge on any atom is 0.338 e. The Balaban J connectivity index is 2.42. The van der Waals surface area contributed by atoms with Crippen LogP contribution >= 0.6 is 0 Å². The largest absolute Gasteiger partial charge is 0.462 e. The highest BCUT2D eigenvalue weighted by molar-refractivity contribution is 5.95. The lowest BCUT2D eigenvalue weighted by molar-refractivity contribution is -0.117. The molecule has 0 spiro atoms. The minimum absolute atomic E-state index is 0.0542. The van der Waals surface area contributed by atoms with Gasteiger partial charge in [0, 0.05) is 18.7 Å². The summed E-state index contributed by atoms with van der Waals surface area (Å²) in [5, 5.41) is 0. The Kier molecular flexibility index (Phi) is 4.66. The van der Waals surface area contributed by atoms with Crippen molar-refractivity contribution in [1.29, 1.82) is 0 Å². The van der Waals surface area contributed by atoms with E-state index in [1.807, 2.05) is 17.0 Å². The molecule has 0 saturated heterocycles. The lowest BCUT2D eigenvalue weighted by Crippen LogP contribution is -2.46. The van der Waals surface area contributed by atoms with E-state index in [4.69, 9.17) is 4.74 Å². The van der Waals surface area contributed by atoms with Crippen LogP contribution in [0, 0.1) is 5.92 Å². The fourth-order valence-corrected chi connectivity index (χ4v) is 3.23. The monoisotopic (exact) mass is 289 g/mol. The van der Waals surface area contributed by atoms with E-state index in [9.17, 15) is 9.59 Å². The molecular formula is C17H23NO3. The second kappa shape index (κ2) is 6.29. The smallest absolute Gasteiger partial charge is 0.338 e. The van der Waals surface area contributed by atoms with Crippen molar-refractivity contribution in [2.24, 2.45) is 5.92 Å². The number of rotatable bonds is 3. The molecule has 2 unspecified atom stereocenters. The molecule has 2 rings (SSSR count). The molecule has 0 fully saturated rings. The molecule has 21 heavy (non-hydrogen) atoms. The molecule has 114 valence electrons. The Morgan fingerprint density at radius 1 is 1.33 bits per heavy atom. The zero-order valence-corrected chi connectivity index (χ0v) is 13.2. The van der Waals surface area contributed by atoms with E-state index in [-0.39, 0.29) is 17.9 Å². The van der Waals surface area contributed by atoms with E-state index in [0.29, 0.717) is 18.1 Å². The quantitative estimate of drug-likeness (QED) is 0.803. The van der Waals surface area contributed by atoms with Crippen LogP contribution in [0.3, 0.4) is 0 Å². The Morgan fingerprint density at radius 3 is 2.62 bits per heavy atom. The third-order valence-corrected chi connectivity index (χ3v) is 4.14. The molecule has 2 atom stereocenters. The number of benzene rings is 1. The van der Waals surface area contributed by atoms with Gasteiger partial charge in [-0.2, -0.15) is 0 Å². The van der Waals surface area contributed by atoms with Gasteiger partial charge in [-0.3, -0.25) is 4.79 Å². The number of esters is 1. The zero-order valence-electron chi connectivity index (χ0n) is 13.2. The van der Waals surface area contributed by atoms with E-state index in [0.717, 1.165) is 24.1 Å². The standard InChI is InChI=1S/C17H23NO3/c1-5-15-11(3)9-14-10-13(17(20)21-6-2)7-8-16(14)18(15)12(4)19/h7-8,10-11,15H,5-6,9H2,1-4H3. The summed E-state index contributed by atoms with van der Waals surface area (Å²) in [5.41, 5.74) is 2.54. The van der Waals surface area contributed by atoms with Gasteiger partial charge in [0.25, 0.3) is 0 Å². The van der Waals surface area contributed by atoms with Gasteiger partial charge >= 0.3 is 5.97 Å². The third kappa shape index (κ3) is 2.94. The van der Waals surface area contributed by atoms with Crippen LogP contribution in [0.15, 0.2) is 18.2 Å². The highest BCUT2D eigenvalue weighted by Gasteiger charge is 2.33. The number of amides is 1. The molecule has 1 amide bonds. The van der Waals surface area contributed by atoms with Crippen molar-refractivity contribution in [2.45, 2.75) is 46.6 Å². The van der Waals surface area contributed by atoms with Crippen molar-refractivity contribution in [2.75, 3.05) is 11.5 Å². The summed E-state index contributed by atoms with van der Waals surface area (Å²) < 4.78 is 5.04. The minimum Gasteiger partial charge on any atom is -0.462 e. The Bertz CT molecular complexity index is 553. The lowest BCUT2D eigenvalue weighted by atomic mass is 9.85. The molecular weight excluding hydrogens is 266 g/mol. The van der Waals surface area contributed by atoms with Crippen LogP contribution in [-0.4, -0.2) is 24.5 Å². The summed E-state index contributed by atoms with van der Waals surface area (Å²) in [6.07, 6.45) is 1.81. The molecule has 0 aliphatic carbocycles. The predicted molar refractivity (Wildman–Crippen MR) is 82.5 cm³/mol. The number of carbonyl (C=O) groups excluding carboxylic acids is 2. The van der Waals surface area contributed by atoms with Gasteiger partial charge in [0.05, 0.1) is 12.2 Å². The predicted octanol–water partition coefficient (Wildman–Crippen LogP) is 3.19. The van der Waals surface area contributed by atoms with Gasteiger partial charge < -0.3 is 9.64 Å². The minimum atomic E-state index is -0.306. The number of hydrogen-bond donors (Lipinski definition) is 0. The van der Waals surface area contributed by atoms with E-state index >= 15 is 0 Å². The molecule has 1 heterocycles. The zero-order chi connectivity index (χ0) is 15.6. The van der Waals surface area contributed by atoms with Gasteiger partial charge in [0.1, 0.15) is 0 Å². The summed E-state index contributed by atoms with van der Waals surface area (Å²) in [6.45, 7) is 8.02. The molecule has 1 aromatic carbocycles. The number of fused-ring (bicyclic) bond motifs is 1. The number of anilines is 1. The van der Waals surface area contributed by atoms with Crippen molar-refractivity contribution >= 4 is 17.6 Å². The number of carbonyl (C=O) groups is 2. The lowest BCUT2D eigenvalue weighted by Gasteiger charge is -2.40. The van der Waals surface area contributed by atoms with E-state index in [1.54, 1.807) is 19.9 Å². The second-order valence-electron chi connectivity index (χ2n) is 5.61. The van der Waals surface area contributed by atoms with E-state index in [1.165, 1.54) is 0 Å². The van der Waals surface area contributed by atoms with Gasteiger partial charge in [0.15, 0.2) is 0 Å². The number of nitrogens with zero attached hydrogens (tertiary/aromatic N) is 1.